The molecule has 0 atom stereocenters. The maximum absolute atomic E-state index is 12.0. The lowest BCUT2D eigenvalue weighted by atomic mass is 9.92. The van der Waals surface area contributed by atoms with Crippen LogP contribution in [0.3, 0.4) is 0 Å². The first-order chi connectivity index (χ1) is 14.0. The summed E-state index contributed by atoms with van der Waals surface area (Å²) in [7, 11) is 1.63. The summed E-state index contributed by atoms with van der Waals surface area (Å²) in [6.07, 6.45) is 7.66. The highest BCUT2D eigenvalue weighted by molar-refractivity contribution is 6.12. The second kappa shape index (κ2) is 9.21. The average Bonchev–Trinajstić information content (AvgIpc) is 3.05. The summed E-state index contributed by atoms with van der Waals surface area (Å²) in [5, 5.41) is 22.0. The van der Waals surface area contributed by atoms with E-state index in [1.165, 1.54) is 6.07 Å². The number of furan rings is 1. The Morgan fingerprint density at radius 1 is 0.966 bits per heavy atom. The Morgan fingerprint density at radius 2 is 1.62 bits per heavy atom. The minimum atomic E-state index is -1.11. The highest BCUT2D eigenvalue weighted by Crippen LogP contribution is 2.41. The van der Waals surface area contributed by atoms with Gasteiger partial charge < -0.3 is 19.4 Å². The molecule has 5 heteroatoms. The van der Waals surface area contributed by atoms with E-state index in [2.05, 4.69) is 13.8 Å². The van der Waals surface area contributed by atoms with Crippen LogP contribution < -0.4 is 4.74 Å². The number of phenols is 1. The summed E-state index contributed by atoms with van der Waals surface area (Å²) in [4.78, 5) is 12.0. The molecule has 156 valence electrons. The van der Waals surface area contributed by atoms with Crippen LogP contribution in [-0.4, -0.2) is 23.3 Å². The van der Waals surface area contributed by atoms with Gasteiger partial charge in [-0.2, -0.15) is 0 Å². The molecule has 0 aliphatic rings. The SMILES string of the molecule is CCCCCc1cc(OC)cc2oc3cc(O)c(C(=O)O)c(CCCCC)c3c12. The van der Waals surface area contributed by atoms with E-state index in [1.807, 2.05) is 12.1 Å². The van der Waals surface area contributed by atoms with Crippen molar-refractivity contribution >= 4 is 27.9 Å². The Kier molecular flexibility index (Phi) is 6.68. The van der Waals surface area contributed by atoms with E-state index in [9.17, 15) is 15.0 Å². The zero-order valence-corrected chi connectivity index (χ0v) is 17.5. The molecule has 2 N–H and O–H groups in total. The predicted octanol–water partition coefficient (Wildman–Crippen LogP) is 6.46. The number of hydrogen-bond acceptors (Lipinski definition) is 4. The Labute approximate surface area is 171 Å². The second-order valence-electron chi connectivity index (χ2n) is 7.60. The third-order valence-electron chi connectivity index (χ3n) is 5.53. The number of benzene rings is 2. The van der Waals surface area contributed by atoms with Gasteiger partial charge in [-0.15, -0.1) is 0 Å². The van der Waals surface area contributed by atoms with Crippen LogP contribution in [0, 0.1) is 0 Å². The fraction of sp³-hybridized carbons (Fsp3) is 0.458. The monoisotopic (exact) mass is 398 g/mol. The molecule has 0 saturated carbocycles. The first kappa shape index (κ1) is 21.0. The Balaban J connectivity index is 2.31. The van der Waals surface area contributed by atoms with Gasteiger partial charge in [0.15, 0.2) is 0 Å². The lowest BCUT2D eigenvalue weighted by Gasteiger charge is -2.12. The first-order valence-electron chi connectivity index (χ1n) is 10.5. The highest BCUT2D eigenvalue weighted by atomic mass is 16.5. The molecular formula is C24H30O5. The standard InChI is InChI=1S/C24H30O5/c1-4-6-8-10-15-12-16(28-3)13-19-21(15)23-17(11-9-7-5-2)22(24(26)27)18(25)14-20(23)29-19/h12-14,25H,4-11H2,1-3H3,(H,26,27). The number of methoxy groups -OCH3 is 1. The lowest BCUT2D eigenvalue weighted by molar-refractivity contribution is 0.0692. The molecule has 5 nitrogen and oxygen atoms in total. The van der Waals surface area contributed by atoms with Gasteiger partial charge in [0.05, 0.1) is 7.11 Å². The number of carboxylic acid groups (broad SMARTS) is 1. The zero-order valence-electron chi connectivity index (χ0n) is 17.5. The molecule has 0 aliphatic carbocycles. The molecule has 2 aromatic carbocycles. The number of aromatic hydroxyl groups is 1. The molecule has 0 fully saturated rings. The number of aromatic carboxylic acids is 1. The van der Waals surface area contributed by atoms with Crippen molar-refractivity contribution in [2.45, 2.75) is 65.2 Å². The smallest absolute Gasteiger partial charge is 0.339 e. The molecule has 3 aromatic rings. The van der Waals surface area contributed by atoms with Crippen molar-refractivity contribution in [3.63, 3.8) is 0 Å². The van der Waals surface area contributed by atoms with E-state index in [0.29, 0.717) is 23.2 Å². The average molecular weight is 398 g/mol. The largest absolute Gasteiger partial charge is 0.507 e. The lowest BCUT2D eigenvalue weighted by Crippen LogP contribution is -2.04. The number of hydrogen-bond donors (Lipinski definition) is 2. The van der Waals surface area contributed by atoms with Gasteiger partial charge in [0.1, 0.15) is 28.2 Å². The van der Waals surface area contributed by atoms with Gasteiger partial charge in [-0.3, -0.25) is 0 Å². The molecule has 0 saturated heterocycles. The van der Waals surface area contributed by atoms with Crippen LogP contribution in [0.4, 0.5) is 0 Å². The summed E-state index contributed by atoms with van der Waals surface area (Å²) in [5.41, 5.74) is 2.96. The van der Waals surface area contributed by atoms with Gasteiger partial charge in [-0.1, -0.05) is 39.5 Å². The van der Waals surface area contributed by atoms with Crippen LogP contribution in [-0.2, 0) is 12.8 Å². The minimum absolute atomic E-state index is 0.00775. The molecule has 0 unspecified atom stereocenters. The summed E-state index contributed by atoms with van der Waals surface area (Å²) in [6, 6.07) is 5.30. The maximum Gasteiger partial charge on any atom is 0.339 e. The summed E-state index contributed by atoms with van der Waals surface area (Å²) in [6.45, 7) is 4.28. The fourth-order valence-corrected chi connectivity index (χ4v) is 4.10. The summed E-state index contributed by atoms with van der Waals surface area (Å²) in [5.74, 6) is -0.625. The van der Waals surface area contributed by atoms with Crippen LogP contribution in [0.5, 0.6) is 11.5 Å². The second-order valence-corrected chi connectivity index (χ2v) is 7.60. The maximum atomic E-state index is 12.0. The highest BCUT2D eigenvalue weighted by Gasteiger charge is 2.24. The quantitative estimate of drug-likeness (QED) is 0.383. The van der Waals surface area contributed by atoms with Crippen molar-refractivity contribution in [2.24, 2.45) is 0 Å². The van der Waals surface area contributed by atoms with Crippen molar-refractivity contribution in [1.29, 1.82) is 0 Å². The number of ether oxygens (including phenoxy) is 1. The topological polar surface area (TPSA) is 79.9 Å². The van der Waals surface area contributed by atoms with Crippen molar-refractivity contribution in [2.75, 3.05) is 7.11 Å². The van der Waals surface area contributed by atoms with Gasteiger partial charge in [-0.05, 0) is 42.9 Å². The van der Waals surface area contributed by atoms with Crippen molar-refractivity contribution in [3.8, 4) is 11.5 Å². The van der Waals surface area contributed by atoms with Gasteiger partial charge in [-0.25, -0.2) is 4.79 Å². The molecule has 0 radical (unpaired) electrons. The van der Waals surface area contributed by atoms with Crippen LogP contribution in [0.2, 0.25) is 0 Å². The Hall–Kier alpha value is -2.69. The summed E-state index contributed by atoms with van der Waals surface area (Å²) < 4.78 is 11.5. The van der Waals surface area contributed by atoms with Crippen molar-refractivity contribution in [1.82, 2.24) is 0 Å². The van der Waals surface area contributed by atoms with E-state index < -0.39 is 5.97 Å². The number of fused-ring (bicyclic) bond motifs is 3. The van der Waals surface area contributed by atoms with Crippen molar-refractivity contribution < 1.29 is 24.2 Å². The molecule has 1 heterocycles. The van der Waals surface area contributed by atoms with E-state index >= 15 is 0 Å². The van der Waals surface area contributed by atoms with E-state index in [0.717, 1.165) is 67.0 Å². The molecule has 0 spiro atoms. The van der Waals surface area contributed by atoms with Gasteiger partial charge in [0, 0.05) is 22.9 Å². The van der Waals surface area contributed by atoms with Crippen LogP contribution in [0.25, 0.3) is 21.9 Å². The molecule has 0 amide bonds. The van der Waals surface area contributed by atoms with E-state index in [-0.39, 0.29) is 11.3 Å². The molecule has 29 heavy (non-hydrogen) atoms. The molecule has 0 aliphatic heterocycles. The number of carboxylic acids is 1. The summed E-state index contributed by atoms with van der Waals surface area (Å²) >= 11 is 0. The number of unbranched alkanes of at least 4 members (excludes halogenated alkanes) is 4. The van der Waals surface area contributed by atoms with Crippen LogP contribution in [0.15, 0.2) is 22.6 Å². The fourth-order valence-electron chi connectivity index (χ4n) is 4.10. The zero-order chi connectivity index (χ0) is 21.0. The molecule has 0 bridgehead atoms. The van der Waals surface area contributed by atoms with E-state index in [4.69, 9.17) is 9.15 Å². The molecule has 1 aromatic heterocycles. The third kappa shape index (κ3) is 4.19. The first-order valence-corrected chi connectivity index (χ1v) is 10.5. The number of aryl methyl sites for hydroxylation is 2. The van der Waals surface area contributed by atoms with Crippen molar-refractivity contribution in [3.05, 3.63) is 34.9 Å². The Bertz CT molecular complexity index is 1020. The molecule has 3 rings (SSSR count). The third-order valence-corrected chi connectivity index (χ3v) is 5.53. The van der Waals surface area contributed by atoms with Gasteiger partial charge in [0.25, 0.3) is 0 Å². The van der Waals surface area contributed by atoms with E-state index in [1.54, 1.807) is 7.11 Å². The Morgan fingerprint density at radius 3 is 2.24 bits per heavy atom. The minimum Gasteiger partial charge on any atom is -0.507 e. The van der Waals surface area contributed by atoms with Gasteiger partial charge in [0.2, 0.25) is 0 Å². The predicted molar refractivity (Wildman–Crippen MR) is 115 cm³/mol. The normalized spacial score (nSPS) is 11.4. The van der Waals surface area contributed by atoms with Gasteiger partial charge >= 0.3 is 5.97 Å². The number of rotatable bonds is 10. The molecular weight excluding hydrogens is 368 g/mol. The number of carbonyl (C=O) groups is 1. The van der Waals surface area contributed by atoms with Crippen LogP contribution in [0.1, 0.15) is 73.9 Å². The van der Waals surface area contributed by atoms with Crippen LogP contribution >= 0.6 is 0 Å².